The Labute approximate surface area is 83.9 Å². The summed E-state index contributed by atoms with van der Waals surface area (Å²) in [5, 5.41) is 9.01. The third-order valence-corrected chi connectivity index (χ3v) is 2.30. The Balaban J connectivity index is 3.20. The van der Waals surface area contributed by atoms with E-state index in [1.165, 1.54) is 6.07 Å². The van der Waals surface area contributed by atoms with Crippen molar-refractivity contribution in [2.45, 2.75) is 20.3 Å². The van der Waals surface area contributed by atoms with Gasteiger partial charge in [0.15, 0.2) is 0 Å². The minimum absolute atomic E-state index is 0.0164. The minimum Gasteiger partial charge on any atom is -0.392 e. The summed E-state index contributed by atoms with van der Waals surface area (Å²) in [6.45, 7) is 3.77. The van der Waals surface area contributed by atoms with Crippen LogP contribution in [0.4, 0.5) is 4.39 Å². The molecule has 1 aromatic carbocycles. The molecule has 0 aliphatic carbocycles. The van der Waals surface area contributed by atoms with Gasteiger partial charge >= 0.3 is 0 Å². The quantitative estimate of drug-likeness (QED) is 0.784. The lowest BCUT2D eigenvalue weighted by Gasteiger charge is -2.09. The molecule has 0 fully saturated rings. The smallest absolute Gasteiger partial charge is 0.130 e. The second-order valence-corrected chi connectivity index (χ2v) is 3.25. The second kappa shape index (κ2) is 4.91. The number of halogens is 1. The van der Waals surface area contributed by atoms with Crippen LogP contribution in [0.3, 0.4) is 0 Å². The fourth-order valence-corrected chi connectivity index (χ4v) is 1.52. The fourth-order valence-electron chi connectivity index (χ4n) is 1.52. The zero-order valence-corrected chi connectivity index (χ0v) is 8.55. The van der Waals surface area contributed by atoms with Crippen LogP contribution >= 0.6 is 0 Å². The predicted molar refractivity (Wildman–Crippen MR) is 56.4 cm³/mol. The number of hydrogen-bond donors (Lipinski definition) is 1. The van der Waals surface area contributed by atoms with E-state index in [1.54, 1.807) is 18.2 Å². The molecule has 1 rings (SSSR count). The Kier molecular flexibility index (Phi) is 3.84. The van der Waals surface area contributed by atoms with Crippen LogP contribution in [0.15, 0.2) is 29.8 Å². The van der Waals surface area contributed by atoms with Gasteiger partial charge in [0, 0.05) is 5.56 Å². The van der Waals surface area contributed by atoms with E-state index in [1.807, 2.05) is 13.8 Å². The first-order valence-corrected chi connectivity index (χ1v) is 4.75. The van der Waals surface area contributed by atoms with Gasteiger partial charge < -0.3 is 5.11 Å². The fraction of sp³-hybridized carbons (Fsp3) is 0.333. The van der Waals surface area contributed by atoms with Crippen LogP contribution in [0, 0.1) is 5.82 Å². The maximum absolute atomic E-state index is 13.4. The maximum Gasteiger partial charge on any atom is 0.130 e. The molecule has 0 bridgehead atoms. The summed E-state index contributed by atoms with van der Waals surface area (Å²) in [6, 6.07) is 6.65. The van der Waals surface area contributed by atoms with Crippen molar-refractivity contribution in [1.29, 1.82) is 0 Å². The summed E-state index contributed by atoms with van der Waals surface area (Å²) in [5.41, 5.74) is 2.32. The van der Waals surface area contributed by atoms with Crippen LogP contribution in [0.25, 0.3) is 5.57 Å². The molecule has 0 aromatic heterocycles. The van der Waals surface area contributed by atoms with Crippen molar-refractivity contribution in [2.24, 2.45) is 0 Å². The third kappa shape index (κ3) is 2.20. The van der Waals surface area contributed by atoms with Gasteiger partial charge in [-0.3, -0.25) is 0 Å². The summed E-state index contributed by atoms with van der Waals surface area (Å²) < 4.78 is 13.4. The van der Waals surface area contributed by atoms with E-state index in [-0.39, 0.29) is 12.4 Å². The first kappa shape index (κ1) is 10.9. The van der Waals surface area contributed by atoms with E-state index < -0.39 is 0 Å². The topological polar surface area (TPSA) is 20.2 Å². The normalized spacial score (nSPS) is 12.6. The number of benzene rings is 1. The molecule has 0 saturated carbocycles. The van der Waals surface area contributed by atoms with Gasteiger partial charge in [0.2, 0.25) is 0 Å². The van der Waals surface area contributed by atoms with Crippen molar-refractivity contribution in [3.8, 4) is 0 Å². The molecule has 1 nitrogen and oxygen atoms in total. The molecule has 0 aliphatic rings. The van der Waals surface area contributed by atoms with Gasteiger partial charge in [-0.25, -0.2) is 4.39 Å². The van der Waals surface area contributed by atoms with Crippen molar-refractivity contribution in [3.63, 3.8) is 0 Å². The zero-order chi connectivity index (χ0) is 10.6. The van der Waals surface area contributed by atoms with Gasteiger partial charge in [0.1, 0.15) is 5.82 Å². The van der Waals surface area contributed by atoms with Crippen LogP contribution in [-0.2, 0) is 0 Å². The molecule has 0 unspecified atom stereocenters. The van der Waals surface area contributed by atoms with E-state index >= 15 is 0 Å². The highest BCUT2D eigenvalue weighted by molar-refractivity contribution is 5.68. The Bertz CT molecular complexity index is 342. The number of rotatable bonds is 3. The number of aliphatic hydroxyl groups is 1. The van der Waals surface area contributed by atoms with Gasteiger partial charge in [-0.1, -0.05) is 25.1 Å². The van der Waals surface area contributed by atoms with Gasteiger partial charge in [-0.05, 0) is 30.6 Å². The van der Waals surface area contributed by atoms with Crippen molar-refractivity contribution in [3.05, 3.63) is 41.2 Å². The first-order chi connectivity index (χ1) is 6.70. The zero-order valence-electron chi connectivity index (χ0n) is 8.55. The molecule has 0 spiro atoms. The average molecular weight is 194 g/mol. The summed E-state index contributed by atoms with van der Waals surface area (Å²) in [6.07, 6.45) is 0.729. The highest BCUT2D eigenvalue weighted by Gasteiger charge is 2.07. The van der Waals surface area contributed by atoms with Gasteiger partial charge in [0.05, 0.1) is 6.61 Å². The lowest BCUT2D eigenvalue weighted by molar-refractivity contribution is 0.331. The van der Waals surface area contributed by atoms with Crippen molar-refractivity contribution < 1.29 is 9.50 Å². The van der Waals surface area contributed by atoms with Gasteiger partial charge in [-0.15, -0.1) is 0 Å². The Morgan fingerprint density at radius 2 is 2.00 bits per heavy atom. The summed E-state index contributed by atoms with van der Waals surface area (Å²) in [7, 11) is 0. The largest absolute Gasteiger partial charge is 0.392 e. The molecule has 0 amide bonds. The standard InChI is InChI=1S/C12H15FO/c1-3-10(9(2)8-14)11-6-4-5-7-12(11)13/h4-7,14H,3,8H2,1-2H3/b10-9-. The summed E-state index contributed by atoms with van der Waals surface area (Å²) in [5.74, 6) is -0.225. The van der Waals surface area contributed by atoms with Gasteiger partial charge in [0.25, 0.3) is 0 Å². The highest BCUT2D eigenvalue weighted by Crippen LogP contribution is 2.24. The molecule has 0 heterocycles. The Morgan fingerprint density at radius 3 is 2.50 bits per heavy atom. The Morgan fingerprint density at radius 1 is 1.36 bits per heavy atom. The summed E-state index contributed by atoms with van der Waals surface area (Å²) in [4.78, 5) is 0. The minimum atomic E-state index is -0.225. The predicted octanol–water partition coefficient (Wildman–Crippen LogP) is 3.00. The van der Waals surface area contributed by atoms with Crippen molar-refractivity contribution in [2.75, 3.05) is 6.61 Å². The molecular formula is C12H15FO. The number of hydrogen-bond acceptors (Lipinski definition) is 1. The lowest BCUT2D eigenvalue weighted by atomic mass is 9.98. The van der Waals surface area contributed by atoms with E-state index in [9.17, 15) is 4.39 Å². The number of allylic oxidation sites excluding steroid dienone is 1. The molecule has 0 aliphatic heterocycles. The molecular weight excluding hydrogens is 179 g/mol. The SMILES string of the molecule is CC/C(=C(\C)CO)c1ccccc1F. The van der Waals surface area contributed by atoms with E-state index in [0.717, 1.165) is 17.6 Å². The van der Waals surface area contributed by atoms with Crippen molar-refractivity contribution >= 4 is 5.57 Å². The molecule has 0 saturated heterocycles. The highest BCUT2D eigenvalue weighted by atomic mass is 19.1. The summed E-state index contributed by atoms with van der Waals surface area (Å²) >= 11 is 0. The van der Waals surface area contributed by atoms with Crippen molar-refractivity contribution in [1.82, 2.24) is 0 Å². The van der Waals surface area contributed by atoms with Crippen LogP contribution in [-0.4, -0.2) is 11.7 Å². The Hall–Kier alpha value is -1.15. The van der Waals surface area contributed by atoms with Crippen LogP contribution in [0.5, 0.6) is 0 Å². The lowest BCUT2D eigenvalue weighted by Crippen LogP contribution is -1.95. The number of aliphatic hydroxyl groups excluding tert-OH is 1. The van der Waals surface area contributed by atoms with Crippen LogP contribution < -0.4 is 0 Å². The second-order valence-electron chi connectivity index (χ2n) is 3.25. The molecule has 0 radical (unpaired) electrons. The average Bonchev–Trinajstić information content (AvgIpc) is 2.21. The molecule has 76 valence electrons. The molecule has 1 aromatic rings. The first-order valence-electron chi connectivity index (χ1n) is 4.75. The van der Waals surface area contributed by atoms with E-state index in [2.05, 4.69) is 0 Å². The molecule has 14 heavy (non-hydrogen) atoms. The third-order valence-electron chi connectivity index (χ3n) is 2.30. The van der Waals surface area contributed by atoms with E-state index in [4.69, 9.17) is 5.11 Å². The monoisotopic (exact) mass is 194 g/mol. The maximum atomic E-state index is 13.4. The van der Waals surface area contributed by atoms with Crippen LogP contribution in [0.2, 0.25) is 0 Å². The molecule has 0 atom stereocenters. The molecule has 1 N–H and O–H groups in total. The van der Waals surface area contributed by atoms with Crippen LogP contribution in [0.1, 0.15) is 25.8 Å². The van der Waals surface area contributed by atoms with E-state index in [0.29, 0.717) is 5.56 Å². The molecule has 2 heteroatoms. The van der Waals surface area contributed by atoms with Gasteiger partial charge in [-0.2, -0.15) is 0 Å².